The Hall–Kier alpha value is -1.27. The largest absolute Gasteiger partial charge is 0.506 e. The molecule has 0 aliphatic heterocycles. The molecule has 0 atom stereocenters. The molecule has 2 aromatic rings. The zero-order valence-electron chi connectivity index (χ0n) is 10.4. The number of amides is 1. The Balaban J connectivity index is 2.36. The molecule has 0 unspecified atom stereocenters. The molecule has 0 saturated carbocycles. The zero-order chi connectivity index (χ0) is 14.2. The van der Waals surface area contributed by atoms with Gasteiger partial charge in [-0.15, -0.1) is 0 Å². The molecule has 100 valence electrons. The molecule has 6 heteroatoms. The number of halogens is 2. The smallest absolute Gasteiger partial charge is 0.273 e. The standard InChI is InChI=1S/C13H12Br2N2O2/c1-7-3-4-8(2)17(7)16-13(19)10-5-9(14)6-11(15)12(10)18/h3-6,18H,1-2H3,(H,16,19). The van der Waals surface area contributed by atoms with Crippen LogP contribution in [0.4, 0.5) is 0 Å². The lowest BCUT2D eigenvalue weighted by Crippen LogP contribution is -2.24. The van der Waals surface area contributed by atoms with Crippen LogP contribution in [0.5, 0.6) is 5.75 Å². The predicted octanol–water partition coefficient (Wildman–Crippen LogP) is 3.72. The van der Waals surface area contributed by atoms with Gasteiger partial charge < -0.3 is 5.11 Å². The van der Waals surface area contributed by atoms with Gasteiger partial charge in [-0.1, -0.05) is 15.9 Å². The fourth-order valence-corrected chi connectivity index (χ4v) is 2.97. The van der Waals surface area contributed by atoms with Crippen molar-refractivity contribution in [3.8, 4) is 5.75 Å². The second-order valence-corrected chi connectivity index (χ2v) is 5.95. The summed E-state index contributed by atoms with van der Waals surface area (Å²) in [5.74, 6) is -0.454. The average molecular weight is 388 g/mol. The van der Waals surface area contributed by atoms with Gasteiger partial charge in [0, 0.05) is 15.9 Å². The number of carbonyl (C=O) groups excluding carboxylic acids is 1. The van der Waals surface area contributed by atoms with Gasteiger partial charge >= 0.3 is 0 Å². The predicted molar refractivity (Wildman–Crippen MR) is 81.1 cm³/mol. The minimum Gasteiger partial charge on any atom is -0.506 e. The topological polar surface area (TPSA) is 54.3 Å². The molecular formula is C13H12Br2N2O2. The number of nitrogens with one attached hydrogen (secondary N) is 1. The van der Waals surface area contributed by atoms with E-state index in [-0.39, 0.29) is 17.2 Å². The summed E-state index contributed by atoms with van der Waals surface area (Å²) in [7, 11) is 0. The number of hydrogen-bond donors (Lipinski definition) is 2. The van der Waals surface area contributed by atoms with E-state index < -0.39 is 0 Å². The number of benzene rings is 1. The Morgan fingerprint density at radius 2 is 1.79 bits per heavy atom. The third-order valence-electron chi connectivity index (χ3n) is 2.76. The van der Waals surface area contributed by atoms with E-state index in [1.807, 2.05) is 26.0 Å². The van der Waals surface area contributed by atoms with Crippen LogP contribution in [0.2, 0.25) is 0 Å². The van der Waals surface area contributed by atoms with Gasteiger partial charge in [0.25, 0.3) is 5.91 Å². The molecular weight excluding hydrogens is 376 g/mol. The van der Waals surface area contributed by atoms with Crippen molar-refractivity contribution in [2.45, 2.75) is 13.8 Å². The lowest BCUT2D eigenvalue weighted by molar-refractivity contribution is 0.100. The first-order valence-electron chi connectivity index (χ1n) is 5.54. The third-order valence-corrected chi connectivity index (χ3v) is 3.82. The molecule has 0 aliphatic rings. The van der Waals surface area contributed by atoms with E-state index in [1.165, 1.54) is 0 Å². The molecule has 0 fully saturated rings. The van der Waals surface area contributed by atoms with E-state index in [0.29, 0.717) is 8.95 Å². The van der Waals surface area contributed by atoms with Gasteiger partial charge in [0.2, 0.25) is 0 Å². The highest BCUT2D eigenvalue weighted by Gasteiger charge is 2.16. The molecule has 1 aromatic carbocycles. The molecule has 1 amide bonds. The van der Waals surface area contributed by atoms with Gasteiger partial charge in [0.1, 0.15) is 5.75 Å². The molecule has 0 radical (unpaired) electrons. The van der Waals surface area contributed by atoms with Crippen molar-refractivity contribution in [1.29, 1.82) is 0 Å². The van der Waals surface area contributed by atoms with E-state index in [9.17, 15) is 9.90 Å². The number of phenolic OH excluding ortho intramolecular Hbond substituents is 1. The van der Waals surface area contributed by atoms with E-state index in [2.05, 4.69) is 37.3 Å². The summed E-state index contributed by atoms with van der Waals surface area (Å²) < 4.78 is 2.85. The van der Waals surface area contributed by atoms with Crippen molar-refractivity contribution in [2.75, 3.05) is 5.43 Å². The molecule has 4 nitrogen and oxygen atoms in total. The van der Waals surface area contributed by atoms with Crippen molar-refractivity contribution in [3.05, 3.63) is 50.2 Å². The van der Waals surface area contributed by atoms with Gasteiger partial charge in [-0.25, -0.2) is 0 Å². The van der Waals surface area contributed by atoms with Gasteiger partial charge in [-0.05, 0) is 54.0 Å². The quantitative estimate of drug-likeness (QED) is 0.824. The number of carbonyl (C=O) groups is 1. The molecule has 0 aliphatic carbocycles. The second-order valence-electron chi connectivity index (χ2n) is 4.18. The minimum atomic E-state index is -0.373. The maximum atomic E-state index is 12.2. The van der Waals surface area contributed by atoms with Crippen molar-refractivity contribution in [3.63, 3.8) is 0 Å². The Kier molecular flexibility index (Phi) is 4.01. The van der Waals surface area contributed by atoms with E-state index in [0.717, 1.165) is 11.4 Å². The van der Waals surface area contributed by atoms with Gasteiger partial charge in [-0.3, -0.25) is 14.9 Å². The van der Waals surface area contributed by atoms with Crippen LogP contribution in [-0.4, -0.2) is 15.7 Å². The summed E-state index contributed by atoms with van der Waals surface area (Å²) in [5.41, 5.74) is 4.78. The molecule has 2 N–H and O–H groups in total. The maximum Gasteiger partial charge on any atom is 0.273 e. The molecule has 1 heterocycles. The van der Waals surface area contributed by atoms with Crippen LogP contribution in [0.15, 0.2) is 33.2 Å². The molecule has 0 saturated heterocycles. The first-order valence-corrected chi connectivity index (χ1v) is 7.13. The maximum absolute atomic E-state index is 12.2. The zero-order valence-corrected chi connectivity index (χ0v) is 13.5. The van der Waals surface area contributed by atoms with Crippen LogP contribution in [0.25, 0.3) is 0 Å². The van der Waals surface area contributed by atoms with E-state index in [1.54, 1.807) is 16.8 Å². The first-order chi connectivity index (χ1) is 8.90. The Bertz CT molecular complexity index is 631. The Morgan fingerprint density at radius 1 is 1.21 bits per heavy atom. The number of nitrogens with zero attached hydrogens (tertiary/aromatic N) is 1. The molecule has 0 spiro atoms. The van der Waals surface area contributed by atoms with Crippen molar-refractivity contribution in [1.82, 2.24) is 4.68 Å². The van der Waals surface area contributed by atoms with Crippen LogP contribution in [-0.2, 0) is 0 Å². The third kappa shape index (κ3) is 2.84. The fraction of sp³-hybridized carbons (Fsp3) is 0.154. The Labute approximate surface area is 127 Å². The molecule has 1 aromatic heterocycles. The first kappa shape index (κ1) is 14.1. The monoisotopic (exact) mass is 386 g/mol. The normalized spacial score (nSPS) is 10.5. The van der Waals surface area contributed by atoms with Gasteiger partial charge in [0.15, 0.2) is 0 Å². The number of rotatable bonds is 2. The second kappa shape index (κ2) is 5.38. The highest BCUT2D eigenvalue weighted by atomic mass is 79.9. The van der Waals surface area contributed by atoms with Crippen molar-refractivity contribution < 1.29 is 9.90 Å². The van der Waals surface area contributed by atoms with Crippen LogP contribution in [0.3, 0.4) is 0 Å². The SMILES string of the molecule is Cc1ccc(C)n1NC(=O)c1cc(Br)cc(Br)c1O. The lowest BCUT2D eigenvalue weighted by atomic mass is 10.2. The summed E-state index contributed by atoms with van der Waals surface area (Å²) in [6.45, 7) is 3.79. The van der Waals surface area contributed by atoms with Gasteiger partial charge in [-0.2, -0.15) is 0 Å². The number of hydrogen-bond acceptors (Lipinski definition) is 2. The van der Waals surface area contributed by atoms with Crippen LogP contribution < -0.4 is 5.43 Å². The van der Waals surface area contributed by atoms with Crippen LogP contribution >= 0.6 is 31.9 Å². The van der Waals surface area contributed by atoms with Crippen LogP contribution in [0.1, 0.15) is 21.7 Å². The van der Waals surface area contributed by atoms with Crippen LogP contribution in [0, 0.1) is 13.8 Å². The summed E-state index contributed by atoms with van der Waals surface area (Å²) in [5, 5.41) is 9.92. The number of aryl methyl sites for hydroxylation is 2. The molecule has 2 rings (SSSR count). The average Bonchev–Trinajstić information content (AvgIpc) is 2.65. The minimum absolute atomic E-state index is 0.0804. The lowest BCUT2D eigenvalue weighted by Gasteiger charge is -2.13. The molecule has 0 bridgehead atoms. The number of aromatic nitrogens is 1. The number of aromatic hydroxyl groups is 1. The summed E-state index contributed by atoms with van der Waals surface area (Å²) in [6, 6.07) is 7.07. The Morgan fingerprint density at radius 3 is 2.37 bits per heavy atom. The van der Waals surface area contributed by atoms with Crippen molar-refractivity contribution in [2.24, 2.45) is 0 Å². The highest BCUT2D eigenvalue weighted by molar-refractivity contribution is 9.11. The molecule has 19 heavy (non-hydrogen) atoms. The summed E-state index contributed by atoms with van der Waals surface area (Å²) >= 11 is 6.50. The van der Waals surface area contributed by atoms with Crippen molar-refractivity contribution >= 4 is 37.8 Å². The van der Waals surface area contributed by atoms with E-state index >= 15 is 0 Å². The highest BCUT2D eigenvalue weighted by Crippen LogP contribution is 2.31. The number of phenols is 1. The fourth-order valence-electron chi connectivity index (χ4n) is 1.75. The van der Waals surface area contributed by atoms with E-state index in [4.69, 9.17) is 0 Å². The van der Waals surface area contributed by atoms with Gasteiger partial charge in [0.05, 0.1) is 10.0 Å². The summed E-state index contributed by atoms with van der Waals surface area (Å²) in [4.78, 5) is 12.2. The summed E-state index contributed by atoms with van der Waals surface area (Å²) in [6.07, 6.45) is 0.